The van der Waals surface area contributed by atoms with Crippen molar-refractivity contribution in [3.8, 4) is 11.3 Å². The van der Waals surface area contributed by atoms with Crippen LogP contribution in [0.15, 0.2) is 72.9 Å². The second-order valence-corrected chi connectivity index (χ2v) is 9.28. The van der Waals surface area contributed by atoms with Gasteiger partial charge in [0.05, 0.1) is 16.7 Å². The van der Waals surface area contributed by atoms with Crippen molar-refractivity contribution in [3.05, 3.63) is 108 Å². The molecule has 1 radical (unpaired) electrons. The summed E-state index contributed by atoms with van der Waals surface area (Å²) < 4.78 is 41.4. The summed E-state index contributed by atoms with van der Waals surface area (Å²) in [6.07, 6.45) is 1.55. The van der Waals surface area contributed by atoms with Crippen molar-refractivity contribution in [2.75, 3.05) is 0 Å². The Morgan fingerprint density at radius 3 is 2.22 bits per heavy atom. The number of imidazole rings is 1. The van der Waals surface area contributed by atoms with E-state index in [0.29, 0.717) is 11.2 Å². The standard InChI is InChI=1S/C18H15FN3.C11H6F2N.Ir/c1-18(2,3)17-21-14-10-11(19)8-9-12(14)16-20-13-6-4-5-7-15(13)22(16)17;12-8-4-5-9(10(13)7-8)11-3-1-2-6-14-11;/h4-8,10H,1-3H3;1-4,6-7H;/q2*-1;. The second kappa shape index (κ2) is 10.4. The Bertz CT molecular complexity index is 1710. The van der Waals surface area contributed by atoms with Crippen LogP contribution in [0, 0.1) is 29.6 Å². The van der Waals surface area contributed by atoms with E-state index in [1.54, 1.807) is 24.4 Å². The number of rotatable bonds is 1. The minimum Gasteiger partial charge on any atom is -0.321 e. The predicted octanol–water partition coefficient (Wildman–Crippen LogP) is 7.10. The summed E-state index contributed by atoms with van der Waals surface area (Å²) in [5, 5.41) is 0.741. The fraction of sp³-hybridized carbons (Fsp3) is 0.138. The Hall–Kier alpha value is -3.61. The Kier molecular flexibility index (Phi) is 7.44. The van der Waals surface area contributed by atoms with Crippen LogP contribution >= 0.6 is 0 Å². The molecule has 6 rings (SSSR count). The molecule has 6 aromatic rings. The molecule has 0 saturated heterocycles. The molecule has 37 heavy (non-hydrogen) atoms. The quantitative estimate of drug-likeness (QED) is 0.175. The van der Waals surface area contributed by atoms with E-state index in [9.17, 15) is 13.2 Å². The summed E-state index contributed by atoms with van der Waals surface area (Å²) in [7, 11) is 0. The SMILES string of the molecule is CC(C)(C)c1nc2cc(F)c[c-]c2c2nc3ccccc3n12.Fc1c[c-]c(-c2ccccn2)c(F)c1.[Ir]. The van der Waals surface area contributed by atoms with Gasteiger partial charge < -0.3 is 9.38 Å². The molecule has 0 N–H and O–H groups in total. The zero-order valence-corrected chi connectivity index (χ0v) is 22.6. The number of halogens is 3. The molecule has 0 bridgehead atoms. The van der Waals surface area contributed by atoms with Gasteiger partial charge in [0, 0.05) is 49.2 Å². The number of hydrogen-bond donors (Lipinski definition) is 0. The third kappa shape index (κ3) is 5.26. The number of hydrogen-bond acceptors (Lipinski definition) is 3. The van der Waals surface area contributed by atoms with Crippen molar-refractivity contribution < 1.29 is 33.3 Å². The van der Waals surface area contributed by atoms with E-state index in [1.165, 1.54) is 12.1 Å². The van der Waals surface area contributed by atoms with Crippen molar-refractivity contribution in [2.24, 2.45) is 0 Å². The topological polar surface area (TPSA) is 43.1 Å². The summed E-state index contributed by atoms with van der Waals surface area (Å²) in [5.74, 6) is -0.756. The summed E-state index contributed by atoms with van der Waals surface area (Å²) >= 11 is 0. The van der Waals surface area contributed by atoms with Gasteiger partial charge in [0.2, 0.25) is 0 Å². The molecular formula is C29H21F3IrN4-2. The molecule has 0 atom stereocenters. The molecule has 0 unspecified atom stereocenters. The molecule has 189 valence electrons. The van der Waals surface area contributed by atoms with Gasteiger partial charge in [-0.25, -0.2) is 0 Å². The number of pyridine rings is 1. The van der Waals surface area contributed by atoms with Gasteiger partial charge in [0.15, 0.2) is 0 Å². The van der Waals surface area contributed by atoms with E-state index in [0.717, 1.165) is 40.0 Å². The molecular weight excluding hydrogens is 654 g/mol. The molecule has 0 aliphatic carbocycles. The Morgan fingerprint density at radius 1 is 0.811 bits per heavy atom. The molecule has 3 aromatic carbocycles. The van der Waals surface area contributed by atoms with Crippen LogP contribution in [0.1, 0.15) is 26.6 Å². The molecule has 3 heterocycles. The van der Waals surface area contributed by atoms with Crippen LogP contribution in [0.4, 0.5) is 13.2 Å². The minimum absolute atomic E-state index is 0. The van der Waals surface area contributed by atoms with E-state index in [-0.39, 0.29) is 36.9 Å². The molecule has 0 aliphatic rings. The van der Waals surface area contributed by atoms with Gasteiger partial charge in [-0.1, -0.05) is 68.1 Å². The monoisotopic (exact) mass is 675 g/mol. The molecule has 0 aliphatic heterocycles. The third-order valence-electron chi connectivity index (χ3n) is 5.56. The molecule has 3 aromatic heterocycles. The van der Waals surface area contributed by atoms with Crippen molar-refractivity contribution in [1.29, 1.82) is 0 Å². The molecule has 0 amide bonds. The van der Waals surface area contributed by atoms with E-state index >= 15 is 0 Å². The van der Waals surface area contributed by atoms with Crippen LogP contribution in [0.3, 0.4) is 0 Å². The molecule has 8 heteroatoms. The van der Waals surface area contributed by atoms with Crippen LogP contribution in [0.25, 0.3) is 38.8 Å². The van der Waals surface area contributed by atoms with Gasteiger partial charge in [0.1, 0.15) is 5.82 Å². The Morgan fingerprint density at radius 2 is 1.51 bits per heavy atom. The minimum atomic E-state index is -0.649. The third-order valence-corrected chi connectivity index (χ3v) is 5.56. The fourth-order valence-corrected chi connectivity index (χ4v) is 3.95. The first kappa shape index (κ1) is 26.5. The van der Waals surface area contributed by atoms with Gasteiger partial charge in [-0.3, -0.25) is 23.1 Å². The number of aromatic nitrogens is 4. The Labute approximate surface area is 225 Å². The van der Waals surface area contributed by atoms with Gasteiger partial charge >= 0.3 is 0 Å². The summed E-state index contributed by atoms with van der Waals surface area (Å²) in [6, 6.07) is 23.2. The van der Waals surface area contributed by atoms with Gasteiger partial charge in [-0.05, 0) is 29.4 Å². The average Bonchev–Trinajstić information content (AvgIpc) is 3.23. The largest absolute Gasteiger partial charge is 0.321 e. The first-order chi connectivity index (χ1) is 17.2. The summed E-state index contributed by atoms with van der Waals surface area (Å²) in [4.78, 5) is 13.4. The van der Waals surface area contributed by atoms with Crippen molar-refractivity contribution in [2.45, 2.75) is 26.2 Å². The molecule has 4 nitrogen and oxygen atoms in total. The van der Waals surface area contributed by atoms with Crippen molar-refractivity contribution in [3.63, 3.8) is 0 Å². The average molecular weight is 675 g/mol. The van der Waals surface area contributed by atoms with Crippen LogP contribution in [0.2, 0.25) is 0 Å². The van der Waals surface area contributed by atoms with Gasteiger partial charge in [0.25, 0.3) is 0 Å². The predicted molar refractivity (Wildman–Crippen MR) is 134 cm³/mol. The zero-order chi connectivity index (χ0) is 25.4. The van der Waals surface area contributed by atoms with E-state index in [2.05, 4.69) is 42.3 Å². The van der Waals surface area contributed by atoms with Crippen LogP contribution in [-0.4, -0.2) is 19.4 Å². The maximum atomic E-state index is 13.6. The first-order valence-corrected chi connectivity index (χ1v) is 11.3. The van der Waals surface area contributed by atoms with E-state index in [4.69, 9.17) is 9.97 Å². The summed E-state index contributed by atoms with van der Waals surface area (Å²) in [6.45, 7) is 6.29. The van der Waals surface area contributed by atoms with E-state index in [1.807, 2.05) is 24.3 Å². The number of fused-ring (bicyclic) bond motifs is 5. The smallest absolute Gasteiger partial charge is 0.102 e. The van der Waals surface area contributed by atoms with Crippen molar-refractivity contribution in [1.82, 2.24) is 19.4 Å². The Balaban J connectivity index is 0.000000186. The molecule has 0 spiro atoms. The van der Waals surface area contributed by atoms with Crippen LogP contribution in [0.5, 0.6) is 0 Å². The summed E-state index contributed by atoms with van der Waals surface area (Å²) in [5.41, 5.74) is 3.72. The number of nitrogens with zero attached hydrogens (tertiary/aromatic N) is 4. The number of para-hydroxylation sites is 2. The van der Waals surface area contributed by atoms with Crippen LogP contribution < -0.4 is 0 Å². The normalized spacial score (nSPS) is 11.3. The van der Waals surface area contributed by atoms with E-state index < -0.39 is 11.6 Å². The maximum absolute atomic E-state index is 13.6. The van der Waals surface area contributed by atoms with Gasteiger partial charge in [-0.15, -0.1) is 24.3 Å². The number of benzene rings is 3. The molecule has 0 saturated carbocycles. The van der Waals surface area contributed by atoms with Crippen molar-refractivity contribution >= 4 is 27.6 Å². The first-order valence-electron chi connectivity index (χ1n) is 11.3. The van der Waals surface area contributed by atoms with Crippen LogP contribution in [-0.2, 0) is 25.5 Å². The fourth-order valence-electron chi connectivity index (χ4n) is 3.95. The maximum Gasteiger partial charge on any atom is 0.102 e. The molecule has 0 fully saturated rings. The van der Waals surface area contributed by atoms with Gasteiger partial charge in [-0.2, -0.15) is 0 Å². The zero-order valence-electron chi connectivity index (χ0n) is 20.2. The second-order valence-electron chi connectivity index (χ2n) is 9.28.